The third-order valence-electron chi connectivity index (χ3n) is 11.5. The van der Waals surface area contributed by atoms with Gasteiger partial charge >= 0.3 is 0 Å². The molecule has 286 valence electrons. The summed E-state index contributed by atoms with van der Waals surface area (Å²) in [6.45, 7) is 0. The normalized spacial score (nSPS) is 12.2. The summed E-state index contributed by atoms with van der Waals surface area (Å²) >= 11 is 0. The Bertz CT molecular complexity index is 2700. The molecule has 0 bridgehead atoms. The van der Waals surface area contributed by atoms with Crippen LogP contribution in [0.5, 0.6) is 0 Å². The Hall–Kier alpha value is -7.68. The van der Waals surface area contributed by atoms with Crippen molar-refractivity contribution in [3.63, 3.8) is 0 Å². The molecule has 2 atom stereocenters. The van der Waals surface area contributed by atoms with E-state index in [1.54, 1.807) is 0 Å². The van der Waals surface area contributed by atoms with Gasteiger partial charge in [-0.1, -0.05) is 218 Å². The third-order valence-corrected chi connectivity index (χ3v) is 11.5. The minimum Gasteiger partial charge on any atom is -0.456 e. The first-order valence-electron chi connectivity index (χ1n) is 20.5. The molecule has 0 N–H and O–H groups in total. The molecule has 0 saturated heterocycles. The summed E-state index contributed by atoms with van der Waals surface area (Å²) in [6, 6.07) is 86.0. The number of furan rings is 2. The summed E-state index contributed by atoms with van der Waals surface area (Å²) in [6.07, 6.45) is 0. The lowest BCUT2D eigenvalue weighted by molar-refractivity contribution is 0.597. The summed E-state index contributed by atoms with van der Waals surface area (Å²) in [5.74, 6) is 3.65. The summed E-state index contributed by atoms with van der Waals surface area (Å²) in [4.78, 5) is 0. The number of hydrogen-bond donors (Lipinski definition) is 0. The van der Waals surface area contributed by atoms with E-state index in [1.807, 2.05) is 48.5 Å². The van der Waals surface area contributed by atoms with Gasteiger partial charge in [-0.3, -0.25) is 0 Å². The van der Waals surface area contributed by atoms with Crippen LogP contribution in [-0.2, 0) is 0 Å². The van der Waals surface area contributed by atoms with Crippen LogP contribution in [0.25, 0.3) is 56.4 Å². The molecular formula is C58H42O2. The van der Waals surface area contributed by atoms with Gasteiger partial charge in [0.2, 0.25) is 0 Å². The Labute approximate surface area is 351 Å². The van der Waals surface area contributed by atoms with E-state index >= 15 is 0 Å². The van der Waals surface area contributed by atoms with Crippen LogP contribution in [0.4, 0.5) is 0 Å². The van der Waals surface area contributed by atoms with Crippen molar-refractivity contribution < 1.29 is 8.83 Å². The molecule has 0 fully saturated rings. The van der Waals surface area contributed by atoms with Crippen LogP contribution in [0.1, 0.15) is 45.2 Å². The first-order valence-corrected chi connectivity index (χ1v) is 20.5. The van der Waals surface area contributed by atoms with Crippen molar-refractivity contribution in [3.05, 3.63) is 276 Å². The van der Waals surface area contributed by atoms with Crippen LogP contribution in [0.15, 0.2) is 251 Å². The highest BCUT2D eigenvalue weighted by Gasteiger charge is 2.20. The maximum atomic E-state index is 6.27. The molecule has 0 aliphatic heterocycles. The first kappa shape index (κ1) is 36.6. The van der Waals surface area contributed by atoms with E-state index in [1.165, 1.54) is 44.5 Å². The lowest BCUT2D eigenvalue weighted by Crippen LogP contribution is -2.04. The molecule has 2 aromatic heterocycles. The fourth-order valence-corrected chi connectivity index (χ4v) is 8.36. The Morgan fingerprint density at radius 1 is 0.183 bits per heavy atom. The monoisotopic (exact) mass is 770 g/mol. The van der Waals surface area contributed by atoms with Gasteiger partial charge in [0.25, 0.3) is 0 Å². The second kappa shape index (κ2) is 16.7. The first-order chi connectivity index (χ1) is 29.7. The van der Waals surface area contributed by atoms with Crippen LogP contribution in [0.3, 0.4) is 0 Å². The molecule has 0 saturated carbocycles. The van der Waals surface area contributed by atoms with Gasteiger partial charge in [-0.05, 0) is 68.8 Å². The fraction of sp³-hybridized carbons (Fsp3) is 0.0345. The van der Waals surface area contributed by atoms with E-state index in [0.29, 0.717) is 0 Å². The number of hydrogen-bond acceptors (Lipinski definition) is 2. The van der Waals surface area contributed by atoms with E-state index in [-0.39, 0.29) is 11.8 Å². The minimum absolute atomic E-state index is 0.0878. The van der Waals surface area contributed by atoms with Gasteiger partial charge < -0.3 is 8.83 Å². The smallest absolute Gasteiger partial charge is 0.134 e. The van der Waals surface area contributed by atoms with E-state index in [9.17, 15) is 0 Å². The summed E-state index contributed by atoms with van der Waals surface area (Å²) < 4.78 is 12.5. The molecule has 0 spiro atoms. The predicted octanol–water partition coefficient (Wildman–Crippen LogP) is 15.6. The maximum Gasteiger partial charge on any atom is 0.134 e. The average Bonchev–Trinajstić information content (AvgIpc) is 4.04. The second-order valence-corrected chi connectivity index (χ2v) is 15.2. The molecule has 2 heterocycles. The van der Waals surface area contributed by atoms with Gasteiger partial charge in [-0.15, -0.1) is 0 Å². The van der Waals surface area contributed by atoms with E-state index in [2.05, 4.69) is 194 Å². The largest absolute Gasteiger partial charge is 0.456 e. The average molecular weight is 771 g/mol. The van der Waals surface area contributed by atoms with Crippen molar-refractivity contribution in [2.75, 3.05) is 0 Å². The van der Waals surface area contributed by atoms with Crippen LogP contribution in [-0.4, -0.2) is 0 Å². The molecule has 8 aromatic carbocycles. The molecule has 0 radical (unpaired) electrons. The second-order valence-electron chi connectivity index (χ2n) is 15.2. The van der Waals surface area contributed by atoms with Gasteiger partial charge in [0.15, 0.2) is 0 Å². The molecule has 0 amide bonds. The molecule has 0 aliphatic carbocycles. The van der Waals surface area contributed by atoms with Crippen LogP contribution >= 0.6 is 0 Å². The van der Waals surface area contributed by atoms with Crippen LogP contribution in [0, 0.1) is 0 Å². The van der Waals surface area contributed by atoms with Crippen molar-refractivity contribution in [2.24, 2.45) is 0 Å². The SMILES string of the molecule is c1ccc(-c2ccc(-c3ccc(C(c4ccccc4)c4ccc(-c5ccc(C(c6ccccc6)c6ccc(-c7ccc(-c8ccccc8)o7)cc6)cc5)cc4)cc3)o2)cc1. The lowest BCUT2D eigenvalue weighted by atomic mass is 9.83. The van der Waals surface area contributed by atoms with E-state index in [0.717, 1.165) is 45.3 Å². The van der Waals surface area contributed by atoms with Gasteiger partial charge in [-0.2, -0.15) is 0 Å². The Kier molecular flexibility index (Phi) is 10.2. The van der Waals surface area contributed by atoms with Crippen molar-refractivity contribution in [2.45, 2.75) is 11.8 Å². The zero-order valence-electron chi connectivity index (χ0n) is 33.1. The predicted molar refractivity (Wildman–Crippen MR) is 246 cm³/mol. The van der Waals surface area contributed by atoms with Crippen molar-refractivity contribution in [3.8, 4) is 56.4 Å². The van der Waals surface area contributed by atoms with Crippen molar-refractivity contribution in [1.29, 1.82) is 0 Å². The molecule has 2 heteroatoms. The zero-order valence-corrected chi connectivity index (χ0v) is 33.1. The quantitative estimate of drug-likeness (QED) is 0.122. The van der Waals surface area contributed by atoms with Gasteiger partial charge in [0.1, 0.15) is 23.0 Å². The Morgan fingerprint density at radius 2 is 0.400 bits per heavy atom. The molecule has 10 rings (SSSR count). The van der Waals surface area contributed by atoms with Gasteiger partial charge in [-0.25, -0.2) is 0 Å². The van der Waals surface area contributed by atoms with Crippen LogP contribution < -0.4 is 0 Å². The molecule has 0 aliphatic rings. The Balaban J connectivity index is 0.899. The topological polar surface area (TPSA) is 26.3 Å². The van der Waals surface area contributed by atoms with E-state index in [4.69, 9.17) is 8.83 Å². The highest BCUT2D eigenvalue weighted by molar-refractivity contribution is 5.68. The summed E-state index contributed by atoms with van der Waals surface area (Å²) in [7, 11) is 0. The van der Waals surface area contributed by atoms with Gasteiger partial charge in [0.05, 0.1) is 0 Å². The summed E-state index contributed by atoms with van der Waals surface area (Å²) in [5.41, 5.74) is 14.1. The fourth-order valence-electron chi connectivity index (χ4n) is 8.36. The molecule has 10 aromatic rings. The maximum absolute atomic E-state index is 6.27. The lowest BCUT2D eigenvalue weighted by Gasteiger charge is -2.20. The standard InChI is InChI=1S/C58H42O2/c1-5-13-43(14-6-1)53-37-39-55(59-53)45-25-33-51(34-26-45)57(47-17-9-3-10-18-47)49-29-21-41(22-30-49)42-23-31-50(32-24-42)58(48-19-11-4-12-20-48)52-35-27-46(28-36-52)56-40-38-54(60-56)44-15-7-2-8-16-44/h1-40,57-58H. The molecule has 2 unspecified atom stereocenters. The van der Waals surface area contributed by atoms with Crippen molar-refractivity contribution in [1.82, 2.24) is 0 Å². The molecule has 60 heavy (non-hydrogen) atoms. The minimum atomic E-state index is 0.0878. The number of benzene rings is 8. The zero-order chi connectivity index (χ0) is 40.1. The highest BCUT2D eigenvalue weighted by atomic mass is 16.3. The number of rotatable bonds is 11. The Morgan fingerprint density at radius 3 is 0.683 bits per heavy atom. The highest BCUT2D eigenvalue weighted by Crippen LogP contribution is 2.38. The summed E-state index contributed by atoms with van der Waals surface area (Å²) in [5, 5.41) is 0. The van der Waals surface area contributed by atoms with Crippen molar-refractivity contribution >= 4 is 0 Å². The molecule has 2 nitrogen and oxygen atoms in total. The van der Waals surface area contributed by atoms with E-state index < -0.39 is 0 Å². The third kappa shape index (κ3) is 7.67. The molecular weight excluding hydrogens is 729 g/mol. The van der Waals surface area contributed by atoms with Crippen LogP contribution in [0.2, 0.25) is 0 Å². The van der Waals surface area contributed by atoms with Gasteiger partial charge in [0, 0.05) is 34.1 Å².